The van der Waals surface area contributed by atoms with Crippen molar-refractivity contribution in [3.63, 3.8) is 0 Å². The maximum atomic E-state index is 5.92. The molecule has 0 aliphatic carbocycles. The number of anilines is 1. The van der Waals surface area contributed by atoms with Gasteiger partial charge in [-0.25, -0.2) is 0 Å². The second-order valence-electron chi connectivity index (χ2n) is 4.03. The maximum Gasteiger partial charge on any atom is 0.165 e. The average Bonchev–Trinajstić information content (AvgIpc) is 2.79. The molecule has 0 unspecified atom stereocenters. The number of nitrogen functional groups attached to an aromatic ring is 1. The first kappa shape index (κ1) is 10.6. The van der Waals surface area contributed by atoms with E-state index in [9.17, 15) is 0 Å². The molecule has 90 valence electrons. The standard InChI is InChI=1S/C13H12N4O/c1-17-8-9(6-16-17)18-13-3-2-12(14)10-4-5-15-7-11(10)13/h2-8H,14H2,1H3. The second kappa shape index (κ2) is 4.03. The lowest BCUT2D eigenvalue weighted by Gasteiger charge is -2.08. The normalized spacial score (nSPS) is 10.7. The molecular formula is C13H12N4O. The van der Waals surface area contributed by atoms with Gasteiger partial charge in [-0.05, 0) is 18.2 Å². The van der Waals surface area contributed by atoms with Crippen molar-refractivity contribution in [2.24, 2.45) is 7.05 Å². The highest BCUT2D eigenvalue weighted by atomic mass is 16.5. The third kappa shape index (κ3) is 1.75. The van der Waals surface area contributed by atoms with E-state index in [1.165, 1.54) is 0 Å². The van der Waals surface area contributed by atoms with Crippen LogP contribution < -0.4 is 10.5 Å². The molecule has 0 aliphatic rings. The first-order chi connectivity index (χ1) is 8.74. The van der Waals surface area contributed by atoms with Gasteiger partial charge < -0.3 is 10.5 Å². The first-order valence-corrected chi connectivity index (χ1v) is 5.53. The Hall–Kier alpha value is -2.56. The molecule has 0 amide bonds. The van der Waals surface area contributed by atoms with Crippen LogP contribution in [0.15, 0.2) is 43.0 Å². The van der Waals surface area contributed by atoms with Gasteiger partial charge in [0.15, 0.2) is 5.75 Å². The summed E-state index contributed by atoms with van der Waals surface area (Å²) in [4.78, 5) is 4.11. The predicted octanol–water partition coefficient (Wildman–Crippen LogP) is 2.34. The van der Waals surface area contributed by atoms with Crippen molar-refractivity contribution in [3.8, 4) is 11.5 Å². The number of fused-ring (bicyclic) bond motifs is 1. The zero-order chi connectivity index (χ0) is 12.5. The SMILES string of the molecule is Cn1cc(Oc2ccc(N)c3ccncc23)cn1. The zero-order valence-electron chi connectivity index (χ0n) is 9.87. The zero-order valence-corrected chi connectivity index (χ0v) is 9.87. The Labute approximate surface area is 104 Å². The molecule has 0 bridgehead atoms. The Bertz CT molecular complexity index is 705. The fraction of sp³-hybridized carbons (Fsp3) is 0.0769. The van der Waals surface area contributed by atoms with Crippen molar-refractivity contribution in [1.29, 1.82) is 0 Å². The van der Waals surface area contributed by atoms with Crippen molar-refractivity contribution in [2.75, 3.05) is 5.73 Å². The molecule has 1 aromatic carbocycles. The Kier molecular flexibility index (Phi) is 2.37. The molecule has 3 rings (SSSR count). The minimum atomic E-state index is 0.687. The summed E-state index contributed by atoms with van der Waals surface area (Å²) >= 11 is 0. The second-order valence-corrected chi connectivity index (χ2v) is 4.03. The van der Waals surface area contributed by atoms with Gasteiger partial charge in [0.2, 0.25) is 0 Å². The summed E-state index contributed by atoms with van der Waals surface area (Å²) in [7, 11) is 1.84. The van der Waals surface area contributed by atoms with E-state index in [4.69, 9.17) is 10.5 Å². The van der Waals surface area contributed by atoms with E-state index in [0.29, 0.717) is 11.4 Å². The number of hydrogen-bond donors (Lipinski definition) is 1. The maximum absolute atomic E-state index is 5.92. The summed E-state index contributed by atoms with van der Waals surface area (Å²) < 4.78 is 7.48. The number of nitrogens with zero attached hydrogens (tertiary/aromatic N) is 3. The van der Waals surface area contributed by atoms with E-state index in [-0.39, 0.29) is 0 Å². The molecule has 0 aliphatic heterocycles. The molecule has 5 heteroatoms. The monoisotopic (exact) mass is 240 g/mol. The average molecular weight is 240 g/mol. The van der Waals surface area contributed by atoms with E-state index in [1.807, 2.05) is 25.2 Å². The molecule has 3 aromatic rings. The third-order valence-electron chi connectivity index (χ3n) is 2.72. The number of pyridine rings is 1. The summed E-state index contributed by atoms with van der Waals surface area (Å²) in [5.74, 6) is 1.41. The van der Waals surface area contributed by atoms with E-state index < -0.39 is 0 Å². The van der Waals surface area contributed by atoms with Crippen molar-refractivity contribution in [1.82, 2.24) is 14.8 Å². The van der Waals surface area contributed by atoms with Gasteiger partial charge in [0.25, 0.3) is 0 Å². The number of ether oxygens (including phenoxy) is 1. The Balaban J connectivity index is 2.09. The van der Waals surface area contributed by atoms with Gasteiger partial charge in [0.05, 0.1) is 12.4 Å². The molecule has 2 aromatic heterocycles. The molecule has 0 radical (unpaired) electrons. The number of nitrogens with two attached hydrogens (primary N) is 1. The van der Waals surface area contributed by atoms with Gasteiger partial charge in [-0.2, -0.15) is 5.10 Å². The van der Waals surface area contributed by atoms with Gasteiger partial charge in [-0.3, -0.25) is 9.67 Å². The summed E-state index contributed by atoms with van der Waals surface area (Å²) in [6, 6.07) is 5.54. The van der Waals surface area contributed by atoms with Gasteiger partial charge in [-0.15, -0.1) is 0 Å². The van der Waals surface area contributed by atoms with E-state index in [1.54, 1.807) is 29.5 Å². The van der Waals surface area contributed by atoms with E-state index in [0.717, 1.165) is 16.5 Å². The van der Waals surface area contributed by atoms with Crippen LogP contribution in [0.25, 0.3) is 10.8 Å². The summed E-state index contributed by atoms with van der Waals surface area (Å²) in [5.41, 5.74) is 6.64. The fourth-order valence-corrected chi connectivity index (χ4v) is 1.86. The summed E-state index contributed by atoms with van der Waals surface area (Å²) in [6.07, 6.45) is 6.93. The molecular weight excluding hydrogens is 228 g/mol. The lowest BCUT2D eigenvalue weighted by Crippen LogP contribution is -1.91. The minimum Gasteiger partial charge on any atom is -0.453 e. The number of aryl methyl sites for hydroxylation is 1. The minimum absolute atomic E-state index is 0.687. The fourth-order valence-electron chi connectivity index (χ4n) is 1.86. The van der Waals surface area contributed by atoms with Gasteiger partial charge >= 0.3 is 0 Å². The highest BCUT2D eigenvalue weighted by Crippen LogP contribution is 2.32. The van der Waals surface area contributed by atoms with E-state index >= 15 is 0 Å². The van der Waals surface area contributed by atoms with Crippen LogP contribution in [0.2, 0.25) is 0 Å². The molecule has 0 atom stereocenters. The van der Waals surface area contributed by atoms with E-state index in [2.05, 4.69) is 10.1 Å². The lowest BCUT2D eigenvalue weighted by molar-refractivity contribution is 0.487. The van der Waals surface area contributed by atoms with Crippen LogP contribution in [0.5, 0.6) is 11.5 Å². The van der Waals surface area contributed by atoms with Crippen molar-refractivity contribution >= 4 is 16.5 Å². The highest BCUT2D eigenvalue weighted by Gasteiger charge is 2.07. The number of aromatic nitrogens is 3. The lowest BCUT2D eigenvalue weighted by atomic mass is 10.1. The molecule has 0 spiro atoms. The van der Waals surface area contributed by atoms with Gasteiger partial charge in [-0.1, -0.05) is 0 Å². The van der Waals surface area contributed by atoms with Crippen LogP contribution in [0.4, 0.5) is 5.69 Å². The van der Waals surface area contributed by atoms with Crippen molar-refractivity contribution < 1.29 is 4.74 Å². The van der Waals surface area contributed by atoms with Gasteiger partial charge in [0.1, 0.15) is 5.75 Å². The largest absolute Gasteiger partial charge is 0.453 e. The number of hydrogen-bond acceptors (Lipinski definition) is 4. The van der Waals surface area contributed by atoms with Gasteiger partial charge in [0, 0.05) is 35.9 Å². The smallest absolute Gasteiger partial charge is 0.165 e. The quantitative estimate of drug-likeness (QED) is 0.698. The number of rotatable bonds is 2. The van der Waals surface area contributed by atoms with Crippen LogP contribution in [-0.4, -0.2) is 14.8 Å². The topological polar surface area (TPSA) is 66.0 Å². The Morgan fingerprint density at radius 1 is 1.17 bits per heavy atom. The summed E-state index contributed by atoms with van der Waals surface area (Å²) in [5, 5.41) is 5.89. The Morgan fingerprint density at radius 2 is 2.06 bits per heavy atom. The Morgan fingerprint density at radius 3 is 2.83 bits per heavy atom. The highest BCUT2D eigenvalue weighted by molar-refractivity contribution is 5.96. The molecule has 0 saturated heterocycles. The molecule has 0 fully saturated rings. The van der Waals surface area contributed by atoms with Crippen LogP contribution in [0, 0.1) is 0 Å². The molecule has 2 N–H and O–H groups in total. The predicted molar refractivity (Wildman–Crippen MR) is 69.4 cm³/mol. The number of benzene rings is 1. The molecule has 2 heterocycles. The molecule has 5 nitrogen and oxygen atoms in total. The first-order valence-electron chi connectivity index (χ1n) is 5.53. The van der Waals surface area contributed by atoms with Crippen LogP contribution in [-0.2, 0) is 7.05 Å². The molecule has 0 saturated carbocycles. The van der Waals surface area contributed by atoms with Crippen molar-refractivity contribution in [3.05, 3.63) is 43.0 Å². The van der Waals surface area contributed by atoms with Crippen molar-refractivity contribution in [2.45, 2.75) is 0 Å². The van der Waals surface area contributed by atoms with Crippen LogP contribution >= 0.6 is 0 Å². The summed E-state index contributed by atoms with van der Waals surface area (Å²) in [6.45, 7) is 0. The van der Waals surface area contributed by atoms with Crippen LogP contribution in [0.1, 0.15) is 0 Å². The molecule has 18 heavy (non-hydrogen) atoms. The van der Waals surface area contributed by atoms with Crippen LogP contribution in [0.3, 0.4) is 0 Å². The third-order valence-corrected chi connectivity index (χ3v) is 2.72.